The molecule has 0 aromatic heterocycles. The fraction of sp³-hybridized carbons (Fsp3) is 0.143. The van der Waals surface area contributed by atoms with Gasteiger partial charge in [-0.2, -0.15) is 13.2 Å². The van der Waals surface area contributed by atoms with Crippen molar-refractivity contribution in [2.24, 2.45) is 0 Å². The van der Waals surface area contributed by atoms with E-state index in [1.807, 2.05) is 0 Å². The van der Waals surface area contributed by atoms with Gasteiger partial charge < -0.3 is 5.11 Å². The van der Waals surface area contributed by atoms with Crippen molar-refractivity contribution in [1.29, 1.82) is 0 Å². The van der Waals surface area contributed by atoms with Gasteiger partial charge in [-0.15, -0.1) is 0 Å². The van der Waals surface area contributed by atoms with Crippen molar-refractivity contribution in [3.8, 4) is 0 Å². The van der Waals surface area contributed by atoms with E-state index in [9.17, 15) is 22.0 Å². The molecule has 1 nitrogen and oxygen atoms in total. The molecule has 0 bridgehead atoms. The molecule has 2 aromatic carbocycles. The van der Waals surface area contributed by atoms with Crippen LogP contribution in [0.2, 0.25) is 0 Å². The first-order valence-corrected chi connectivity index (χ1v) is 6.57. The van der Waals surface area contributed by atoms with Crippen LogP contribution < -0.4 is 0 Å². The Balaban J connectivity index is 2.34. The molecule has 0 spiro atoms. The Kier molecular flexibility index (Phi) is 4.53. The number of aliphatic hydroxyl groups is 1. The van der Waals surface area contributed by atoms with Crippen LogP contribution >= 0.6 is 11.8 Å². The second kappa shape index (κ2) is 6.03. The minimum absolute atomic E-state index is 0.213. The largest absolute Gasteiger partial charge is 0.416 e. The third-order valence-electron chi connectivity index (χ3n) is 2.68. The normalized spacial score (nSPS) is 11.7. The number of halogens is 5. The molecule has 0 amide bonds. The Hall–Kier alpha value is -1.60. The van der Waals surface area contributed by atoms with E-state index in [1.54, 1.807) is 0 Å². The predicted molar refractivity (Wildman–Crippen MR) is 67.8 cm³/mol. The van der Waals surface area contributed by atoms with Crippen molar-refractivity contribution in [2.75, 3.05) is 0 Å². The van der Waals surface area contributed by atoms with Gasteiger partial charge in [0.1, 0.15) is 0 Å². The number of aliphatic hydroxyl groups excluding tert-OH is 1. The van der Waals surface area contributed by atoms with E-state index in [2.05, 4.69) is 0 Å². The maximum Gasteiger partial charge on any atom is 0.416 e. The fourth-order valence-corrected chi connectivity index (χ4v) is 2.58. The number of benzene rings is 2. The second-order valence-electron chi connectivity index (χ2n) is 4.15. The zero-order chi connectivity index (χ0) is 15.6. The molecule has 112 valence electrons. The standard InChI is InChI=1S/C14H9F5OS/c15-12-4-3-10(6-13(12)16)21-9-2-1-8(7-20)11(5-9)14(17,18)19/h1-6,20H,7H2. The molecular weight excluding hydrogens is 311 g/mol. The van der Waals surface area contributed by atoms with Crippen LogP contribution in [0.15, 0.2) is 46.2 Å². The van der Waals surface area contributed by atoms with E-state index in [0.717, 1.165) is 36.0 Å². The zero-order valence-electron chi connectivity index (χ0n) is 10.4. The van der Waals surface area contributed by atoms with E-state index in [1.165, 1.54) is 12.1 Å². The van der Waals surface area contributed by atoms with Crippen LogP contribution in [0.4, 0.5) is 22.0 Å². The monoisotopic (exact) mass is 320 g/mol. The van der Waals surface area contributed by atoms with Crippen LogP contribution in [0.25, 0.3) is 0 Å². The van der Waals surface area contributed by atoms with Crippen LogP contribution in [0.3, 0.4) is 0 Å². The molecule has 0 saturated heterocycles. The maximum atomic E-state index is 13.1. The third-order valence-corrected chi connectivity index (χ3v) is 3.66. The number of hydrogen-bond acceptors (Lipinski definition) is 2. The van der Waals surface area contributed by atoms with Gasteiger partial charge in [-0.1, -0.05) is 17.8 Å². The number of alkyl halides is 3. The maximum absolute atomic E-state index is 13.1. The molecule has 0 fully saturated rings. The van der Waals surface area contributed by atoms with Gasteiger partial charge in [-0.05, 0) is 35.9 Å². The number of hydrogen-bond donors (Lipinski definition) is 1. The van der Waals surface area contributed by atoms with Gasteiger partial charge in [-0.25, -0.2) is 8.78 Å². The molecule has 0 aliphatic heterocycles. The van der Waals surface area contributed by atoms with Gasteiger partial charge in [0.2, 0.25) is 0 Å². The highest BCUT2D eigenvalue weighted by Gasteiger charge is 2.33. The summed E-state index contributed by atoms with van der Waals surface area (Å²) in [4.78, 5) is 0.490. The van der Waals surface area contributed by atoms with E-state index in [0.29, 0.717) is 0 Å². The first-order valence-electron chi connectivity index (χ1n) is 5.75. The molecule has 0 atom stereocenters. The topological polar surface area (TPSA) is 20.2 Å². The first-order chi connectivity index (χ1) is 9.81. The van der Waals surface area contributed by atoms with Crippen molar-refractivity contribution in [2.45, 2.75) is 22.6 Å². The minimum Gasteiger partial charge on any atom is -0.392 e. The zero-order valence-corrected chi connectivity index (χ0v) is 11.2. The minimum atomic E-state index is -4.59. The van der Waals surface area contributed by atoms with Crippen LogP contribution in [0.1, 0.15) is 11.1 Å². The summed E-state index contributed by atoms with van der Waals surface area (Å²) in [7, 11) is 0. The van der Waals surface area contributed by atoms with Crippen molar-refractivity contribution in [3.63, 3.8) is 0 Å². The summed E-state index contributed by atoms with van der Waals surface area (Å²) in [6.45, 7) is -0.731. The van der Waals surface area contributed by atoms with Crippen molar-refractivity contribution >= 4 is 11.8 Å². The Morgan fingerprint density at radius 1 is 0.905 bits per heavy atom. The molecule has 2 rings (SSSR count). The Morgan fingerprint density at radius 2 is 1.52 bits per heavy atom. The van der Waals surface area contributed by atoms with Crippen molar-refractivity contribution in [1.82, 2.24) is 0 Å². The van der Waals surface area contributed by atoms with Gasteiger partial charge in [0.05, 0.1) is 12.2 Å². The lowest BCUT2D eigenvalue weighted by molar-refractivity contribution is -0.138. The second-order valence-corrected chi connectivity index (χ2v) is 5.30. The molecule has 21 heavy (non-hydrogen) atoms. The molecule has 0 radical (unpaired) electrons. The van der Waals surface area contributed by atoms with Gasteiger partial charge in [-0.3, -0.25) is 0 Å². The van der Waals surface area contributed by atoms with Crippen LogP contribution in [0, 0.1) is 11.6 Å². The van der Waals surface area contributed by atoms with Gasteiger partial charge in [0.25, 0.3) is 0 Å². The SMILES string of the molecule is OCc1ccc(Sc2ccc(F)c(F)c2)cc1C(F)(F)F. The summed E-state index contributed by atoms with van der Waals surface area (Å²) >= 11 is 0.872. The highest BCUT2D eigenvalue weighted by Crippen LogP contribution is 2.37. The Morgan fingerprint density at radius 3 is 2.10 bits per heavy atom. The highest BCUT2D eigenvalue weighted by atomic mass is 32.2. The van der Waals surface area contributed by atoms with Crippen LogP contribution in [0.5, 0.6) is 0 Å². The van der Waals surface area contributed by atoms with Gasteiger partial charge in [0.15, 0.2) is 11.6 Å². The van der Waals surface area contributed by atoms with Crippen LogP contribution in [-0.2, 0) is 12.8 Å². The Bertz CT molecular complexity index is 654. The summed E-state index contributed by atoms with van der Waals surface area (Å²) in [5.41, 5.74) is -1.19. The van der Waals surface area contributed by atoms with Gasteiger partial charge >= 0.3 is 6.18 Å². The smallest absolute Gasteiger partial charge is 0.392 e. The molecule has 0 unspecified atom stereocenters. The van der Waals surface area contributed by atoms with Gasteiger partial charge in [0, 0.05) is 9.79 Å². The summed E-state index contributed by atoms with van der Waals surface area (Å²) in [5.74, 6) is -2.09. The first kappa shape index (κ1) is 15.8. The lowest BCUT2D eigenvalue weighted by atomic mass is 10.1. The van der Waals surface area contributed by atoms with E-state index in [-0.39, 0.29) is 15.4 Å². The summed E-state index contributed by atoms with van der Waals surface area (Å²) < 4.78 is 64.4. The lowest BCUT2D eigenvalue weighted by Gasteiger charge is -2.13. The van der Waals surface area contributed by atoms with E-state index < -0.39 is 30.0 Å². The lowest BCUT2D eigenvalue weighted by Crippen LogP contribution is -2.09. The summed E-state index contributed by atoms with van der Waals surface area (Å²) in [5, 5.41) is 8.93. The molecule has 0 aliphatic rings. The quantitative estimate of drug-likeness (QED) is 0.832. The van der Waals surface area contributed by atoms with Crippen molar-refractivity contribution in [3.05, 3.63) is 59.2 Å². The third kappa shape index (κ3) is 3.74. The average molecular weight is 320 g/mol. The van der Waals surface area contributed by atoms with Crippen molar-refractivity contribution < 1.29 is 27.1 Å². The summed E-state index contributed by atoms with van der Waals surface area (Å²) in [6, 6.07) is 6.50. The molecule has 0 heterocycles. The Labute approximate surface area is 121 Å². The van der Waals surface area contributed by atoms with E-state index >= 15 is 0 Å². The molecule has 1 N–H and O–H groups in total. The predicted octanol–water partition coefficient (Wildman–Crippen LogP) is 4.63. The number of rotatable bonds is 3. The fourth-order valence-electron chi connectivity index (χ4n) is 1.70. The summed E-state index contributed by atoms with van der Waals surface area (Å²) in [6.07, 6.45) is -4.59. The molecule has 0 saturated carbocycles. The molecule has 7 heteroatoms. The van der Waals surface area contributed by atoms with E-state index in [4.69, 9.17) is 5.11 Å². The van der Waals surface area contributed by atoms with Crippen LogP contribution in [-0.4, -0.2) is 5.11 Å². The molecular formula is C14H9F5OS. The average Bonchev–Trinajstić information content (AvgIpc) is 2.42. The molecule has 0 aliphatic carbocycles. The highest BCUT2D eigenvalue weighted by molar-refractivity contribution is 7.99. The molecule has 2 aromatic rings.